The number of thiocarbonyl (C=S) groups is 1. The summed E-state index contributed by atoms with van der Waals surface area (Å²) in [6.07, 6.45) is 11.1. The normalized spacial score (nSPS) is 20.4. The molecular formula is C30H42N4O4S2. The van der Waals surface area contributed by atoms with Crippen molar-refractivity contribution in [3.63, 3.8) is 0 Å². The number of nitrogens with zero attached hydrogens (tertiary/aromatic N) is 4. The van der Waals surface area contributed by atoms with Gasteiger partial charge in [-0.3, -0.25) is 23.9 Å². The van der Waals surface area contributed by atoms with Crippen LogP contribution in [0.3, 0.4) is 0 Å². The average Bonchev–Trinajstić information content (AvgIpc) is 3.15. The van der Waals surface area contributed by atoms with Gasteiger partial charge in [-0.25, -0.2) is 0 Å². The number of unbranched alkanes of at least 4 members (excludes halogenated alkanes) is 7. The standard InChI is InChI=1S/C30H42N4O4S2/c1-20-15-21(2)19-33(18-20)27-23(22(3)24(17-31)28(37)32(27)4)16-25-29(38)34(30(39)40-25)14-12-10-8-6-5-7-9-11-13-26(35)36/h16,20-21H,5-15,18-19H2,1-4H3,(H,35,36)/b25-16-. The van der Waals surface area contributed by atoms with E-state index >= 15 is 0 Å². The predicted octanol–water partition coefficient (Wildman–Crippen LogP) is 5.84. The molecule has 1 amide bonds. The Morgan fingerprint density at radius 3 is 2.23 bits per heavy atom. The van der Waals surface area contributed by atoms with Gasteiger partial charge < -0.3 is 10.0 Å². The van der Waals surface area contributed by atoms with Crippen molar-refractivity contribution in [2.75, 3.05) is 24.5 Å². The third-order valence-electron chi connectivity index (χ3n) is 7.81. The fraction of sp³-hybridized carbons (Fsp3) is 0.633. The molecule has 0 radical (unpaired) electrons. The highest BCUT2D eigenvalue weighted by Crippen LogP contribution is 2.37. The largest absolute Gasteiger partial charge is 0.481 e. The lowest BCUT2D eigenvalue weighted by molar-refractivity contribution is -0.137. The number of thioether (sulfide) groups is 1. The van der Waals surface area contributed by atoms with Crippen LogP contribution in [0.25, 0.3) is 6.08 Å². The first-order chi connectivity index (χ1) is 19.0. The number of hydrogen-bond acceptors (Lipinski definition) is 7. The number of pyridine rings is 1. The molecule has 0 aromatic carbocycles. The summed E-state index contributed by atoms with van der Waals surface area (Å²) < 4.78 is 2.11. The van der Waals surface area contributed by atoms with Gasteiger partial charge in [0, 0.05) is 38.7 Å². The molecule has 0 spiro atoms. The summed E-state index contributed by atoms with van der Waals surface area (Å²) in [4.78, 5) is 41.5. The smallest absolute Gasteiger partial charge is 0.303 e. The maximum absolute atomic E-state index is 13.4. The highest BCUT2D eigenvalue weighted by atomic mass is 32.2. The van der Waals surface area contributed by atoms with E-state index in [0.717, 1.165) is 82.3 Å². The second kappa shape index (κ2) is 14.8. The molecule has 1 aromatic heterocycles. The van der Waals surface area contributed by atoms with Crippen LogP contribution in [0.4, 0.5) is 5.82 Å². The van der Waals surface area contributed by atoms with Gasteiger partial charge in [0.25, 0.3) is 11.5 Å². The molecular weight excluding hydrogens is 544 g/mol. The molecule has 2 fully saturated rings. The quantitative estimate of drug-likeness (QED) is 0.174. The molecule has 218 valence electrons. The van der Waals surface area contributed by atoms with E-state index in [1.54, 1.807) is 23.4 Å². The van der Waals surface area contributed by atoms with Crippen LogP contribution in [0.5, 0.6) is 0 Å². The van der Waals surface area contributed by atoms with Crippen molar-refractivity contribution in [3.05, 3.63) is 31.9 Å². The van der Waals surface area contributed by atoms with E-state index in [9.17, 15) is 19.6 Å². The highest BCUT2D eigenvalue weighted by molar-refractivity contribution is 8.26. The minimum Gasteiger partial charge on any atom is -0.481 e. The number of hydrogen-bond donors (Lipinski definition) is 1. The lowest BCUT2D eigenvalue weighted by atomic mass is 9.91. The summed E-state index contributed by atoms with van der Waals surface area (Å²) in [5, 5.41) is 18.4. The van der Waals surface area contributed by atoms with Crippen LogP contribution >= 0.6 is 24.0 Å². The van der Waals surface area contributed by atoms with Gasteiger partial charge in [-0.05, 0) is 49.7 Å². The Labute approximate surface area is 247 Å². The summed E-state index contributed by atoms with van der Waals surface area (Å²) in [6.45, 7) is 8.42. The number of piperidine rings is 1. The van der Waals surface area contributed by atoms with E-state index in [4.69, 9.17) is 17.3 Å². The molecule has 2 aliphatic rings. The number of rotatable bonds is 13. The van der Waals surface area contributed by atoms with Crippen LogP contribution in [0, 0.1) is 30.1 Å². The van der Waals surface area contributed by atoms with Gasteiger partial charge in [0.1, 0.15) is 21.8 Å². The monoisotopic (exact) mass is 586 g/mol. The molecule has 2 aliphatic heterocycles. The van der Waals surface area contributed by atoms with Crippen LogP contribution in [-0.2, 0) is 16.6 Å². The molecule has 3 rings (SSSR count). The van der Waals surface area contributed by atoms with Crippen LogP contribution in [-0.4, -0.2) is 50.4 Å². The lowest BCUT2D eigenvalue weighted by Crippen LogP contribution is -2.42. The third kappa shape index (κ3) is 7.97. The molecule has 10 heteroatoms. The number of aromatic nitrogens is 1. The fourth-order valence-electron chi connectivity index (χ4n) is 5.86. The summed E-state index contributed by atoms with van der Waals surface area (Å²) >= 11 is 6.86. The van der Waals surface area contributed by atoms with Crippen molar-refractivity contribution in [3.8, 4) is 6.07 Å². The zero-order valence-corrected chi connectivity index (χ0v) is 25.8. The lowest BCUT2D eigenvalue weighted by Gasteiger charge is -2.38. The van der Waals surface area contributed by atoms with E-state index in [1.165, 1.54) is 11.8 Å². The predicted molar refractivity (Wildman–Crippen MR) is 165 cm³/mol. The molecule has 1 N–H and O–H groups in total. The van der Waals surface area contributed by atoms with Gasteiger partial charge in [0.15, 0.2) is 0 Å². The highest BCUT2D eigenvalue weighted by Gasteiger charge is 2.33. The van der Waals surface area contributed by atoms with Crippen molar-refractivity contribution in [1.29, 1.82) is 5.26 Å². The molecule has 3 heterocycles. The molecule has 0 bridgehead atoms. The molecule has 0 aliphatic carbocycles. The summed E-state index contributed by atoms with van der Waals surface area (Å²) in [5.41, 5.74) is 1.13. The minimum absolute atomic E-state index is 0.105. The minimum atomic E-state index is -0.728. The van der Waals surface area contributed by atoms with Crippen molar-refractivity contribution in [2.45, 2.75) is 85.0 Å². The number of carboxylic acid groups (broad SMARTS) is 1. The number of nitriles is 1. The number of carboxylic acids is 1. The summed E-state index contributed by atoms with van der Waals surface area (Å²) in [6, 6.07) is 2.08. The Bertz CT molecular complexity index is 1240. The molecule has 40 heavy (non-hydrogen) atoms. The van der Waals surface area contributed by atoms with Crippen molar-refractivity contribution in [1.82, 2.24) is 9.47 Å². The zero-order chi connectivity index (χ0) is 29.4. The Morgan fingerprint density at radius 2 is 1.65 bits per heavy atom. The number of anilines is 1. The van der Waals surface area contributed by atoms with Crippen molar-refractivity contribution < 1.29 is 14.7 Å². The Kier molecular flexibility index (Phi) is 11.8. The first-order valence-corrected chi connectivity index (χ1v) is 15.6. The zero-order valence-electron chi connectivity index (χ0n) is 24.2. The number of carbonyl (C=O) groups is 2. The molecule has 0 saturated carbocycles. The van der Waals surface area contributed by atoms with E-state index in [2.05, 4.69) is 24.8 Å². The molecule has 1 aromatic rings. The second-order valence-electron chi connectivity index (χ2n) is 11.4. The first kappa shape index (κ1) is 31.9. The van der Waals surface area contributed by atoms with Crippen LogP contribution in [0.15, 0.2) is 9.70 Å². The van der Waals surface area contributed by atoms with Crippen molar-refractivity contribution >= 4 is 52.1 Å². The maximum Gasteiger partial charge on any atom is 0.303 e. The Morgan fingerprint density at radius 1 is 1.07 bits per heavy atom. The fourth-order valence-corrected chi connectivity index (χ4v) is 7.15. The average molecular weight is 587 g/mol. The first-order valence-electron chi connectivity index (χ1n) is 14.4. The van der Waals surface area contributed by atoms with Gasteiger partial charge in [0.2, 0.25) is 0 Å². The molecule has 2 unspecified atom stereocenters. The molecule has 2 saturated heterocycles. The topological polar surface area (TPSA) is 107 Å². The van der Waals surface area contributed by atoms with Gasteiger partial charge in [0.05, 0.1) is 4.91 Å². The van der Waals surface area contributed by atoms with Crippen LogP contribution in [0.1, 0.15) is 94.7 Å². The van der Waals surface area contributed by atoms with Crippen LogP contribution in [0.2, 0.25) is 0 Å². The molecule has 2 atom stereocenters. The van der Waals surface area contributed by atoms with Gasteiger partial charge in [-0.1, -0.05) is 76.4 Å². The van der Waals surface area contributed by atoms with E-state index in [-0.39, 0.29) is 23.5 Å². The number of carbonyl (C=O) groups excluding carboxylic acids is 1. The van der Waals surface area contributed by atoms with Gasteiger partial charge in [-0.15, -0.1) is 0 Å². The SMILES string of the molecule is Cc1c(/C=C2\SC(=S)N(CCCCCCCCCCC(=O)O)C2=O)c(N2CC(C)CC(C)C2)n(C)c(=O)c1C#N. The van der Waals surface area contributed by atoms with E-state index in [0.29, 0.717) is 33.2 Å². The van der Waals surface area contributed by atoms with Gasteiger partial charge >= 0.3 is 5.97 Å². The molecule has 8 nitrogen and oxygen atoms in total. The van der Waals surface area contributed by atoms with Gasteiger partial charge in [-0.2, -0.15) is 5.26 Å². The maximum atomic E-state index is 13.4. The van der Waals surface area contributed by atoms with Crippen molar-refractivity contribution in [2.24, 2.45) is 18.9 Å². The second-order valence-corrected chi connectivity index (χ2v) is 13.0. The third-order valence-corrected chi connectivity index (χ3v) is 9.19. The number of aliphatic carboxylic acids is 1. The summed E-state index contributed by atoms with van der Waals surface area (Å²) in [5.74, 6) is 0.851. The Hall–Kier alpha value is -2.64. The number of amides is 1. The Balaban J connectivity index is 1.69. The van der Waals surface area contributed by atoms with E-state index < -0.39 is 5.97 Å². The van der Waals surface area contributed by atoms with Crippen LogP contribution < -0.4 is 10.5 Å². The van der Waals surface area contributed by atoms with E-state index in [1.807, 2.05) is 6.08 Å². The summed E-state index contributed by atoms with van der Waals surface area (Å²) in [7, 11) is 1.71.